The molecule has 0 amide bonds. The molecule has 2 aromatic rings. The molecule has 1 fully saturated rings. The average Bonchev–Trinajstić information content (AvgIpc) is 3.12. The Bertz CT molecular complexity index is 592. The average molecular weight is 320 g/mol. The predicted octanol–water partition coefficient (Wildman–Crippen LogP) is 1.83. The maximum absolute atomic E-state index is 4.39. The molecule has 2 aromatic heterocycles. The number of thiophene rings is 1. The molecule has 0 spiro atoms. The number of hydrogen-bond acceptors (Lipinski definition) is 6. The van der Waals surface area contributed by atoms with Crippen molar-refractivity contribution in [3.63, 3.8) is 0 Å². The molecule has 6 nitrogen and oxygen atoms in total. The third-order valence-electron chi connectivity index (χ3n) is 4.09. The Morgan fingerprint density at radius 1 is 1.18 bits per heavy atom. The van der Waals surface area contributed by atoms with Crippen LogP contribution in [0, 0.1) is 0 Å². The first-order valence-electron chi connectivity index (χ1n) is 7.71. The molecular weight excluding hydrogens is 296 g/mol. The summed E-state index contributed by atoms with van der Waals surface area (Å²) in [7, 11) is 2.18. The van der Waals surface area contributed by atoms with E-state index < -0.39 is 0 Å². The van der Waals surface area contributed by atoms with Crippen molar-refractivity contribution in [1.82, 2.24) is 30.0 Å². The SMILES string of the molecule is CN1CCN(C(c2cccs2)c2nnnn2C(C)(C)C)CC1. The van der Waals surface area contributed by atoms with Crippen molar-refractivity contribution >= 4 is 11.3 Å². The minimum atomic E-state index is -0.124. The van der Waals surface area contributed by atoms with Gasteiger partial charge in [-0.2, -0.15) is 0 Å². The smallest absolute Gasteiger partial charge is 0.174 e. The lowest BCUT2D eigenvalue weighted by atomic mass is 10.1. The van der Waals surface area contributed by atoms with E-state index in [1.165, 1.54) is 4.88 Å². The third kappa shape index (κ3) is 3.06. The van der Waals surface area contributed by atoms with Gasteiger partial charge in [0.25, 0.3) is 0 Å². The summed E-state index contributed by atoms with van der Waals surface area (Å²) in [5.41, 5.74) is -0.124. The van der Waals surface area contributed by atoms with Gasteiger partial charge in [0.1, 0.15) is 6.04 Å². The van der Waals surface area contributed by atoms with Crippen molar-refractivity contribution < 1.29 is 0 Å². The van der Waals surface area contributed by atoms with Gasteiger partial charge in [-0.25, -0.2) is 4.68 Å². The molecule has 22 heavy (non-hydrogen) atoms. The first kappa shape index (κ1) is 15.6. The van der Waals surface area contributed by atoms with Gasteiger partial charge in [0.2, 0.25) is 0 Å². The molecule has 3 heterocycles. The van der Waals surface area contributed by atoms with Gasteiger partial charge in [0.05, 0.1) is 5.54 Å². The molecule has 0 aromatic carbocycles. The van der Waals surface area contributed by atoms with Crippen LogP contribution >= 0.6 is 11.3 Å². The maximum Gasteiger partial charge on any atom is 0.174 e. The molecule has 1 aliphatic heterocycles. The quantitative estimate of drug-likeness (QED) is 0.863. The van der Waals surface area contributed by atoms with Crippen LogP contribution in [-0.4, -0.2) is 63.2 Å². The molecule has 0 bridgehead atoms. The van der Waals surface area contributed by atoms with Crippen LogP contribution in [-0.2, 0) is 5.54 Å². The number of rotatable bonds is 3. The molecule has 7 heteroatoms. The monoisotopic (exact) mass is 320 g/mol. The van der Waals surface area contributed by atoms with Crippen LogP contribution < -0.4 is 0 Å². The summed E-state index contributed by atoms with van der Waals surface area (Å²) in [6.45, 7) is 10.7. The molecule has 1 aliphatic rings. The van der Waals surface area contributed by atoms with Gasteiger partial charge in [0.15, 0.2) is 5.82 Å². The van der Waals surface area contributed by atoms with Gasteiger partial charge in [-0.15, -0.1) is 16.4 Å². The second-order valence-corrected chi connectivity index (χ2v) is 7.86. The molecule has 0 aliphatic carbocycles. The van der Waals surface area contributed by atoms with E-state index in [2.05, 4.69) is 70.7 Å². The van der Waals surface area contributed by atoms with Crippen molar-refractivity contribution in [2.24, 2.45) is 0 Å². The number of likely N-dealkylation sites (N-methyl/N-ethyl adjacent to an activating group) is 1. The minimum Gasteiger partial charge on any atom is -0.304 e. The molecule has 0 saturated carbocycles. The van der Waals surface area contributed by atoms with Crippen LogP contribution in [0.5, 0.6) is 0 Å². The van der Waals surface area contributed by atoms with E-state index in [4.69, 9.17) is 0 Å². The Morgan fingerprint density at radius 3 is 2.50 bits per heavy atom. The fourth-order valence-corrected chi connectivity index (χ4v) is 3.69. The van der Waals surface area contributed by atoms with Crippen LogP contribution in [0.1, 0.15) is 37.5 Å². The van der Waals surface area contributed by atoms with Crippen LogP contribution in [0.3, 0.4) is 0 Å². The van der Waals surface area contributed by atoms with Gasteiger partial charge in [-0.1, -0.05) is 6.07 Å². The number of hydrogen-bond donors (Lipinski definition) is 0. The van der Waals surface area contributed by atoms with E-state index >= 15 is 0 Å². The zero-order chi connectivity index (χ0) is 15.7. The lowest BCUT2D eigenvalue weighted by molar-refractivity contribution is 0.120. The highest BCUT2D eigenvalue weighted by atomic mass is 32.1. The minimum absolute atomic E-state index is 0.124. The standard InChI is InChI=1S/C15H24N6S/c1-15(2,3)21-14(16-17-18-21)13(12-6-5-11-22-12)20-9-7-19(4)8-10-20/h5-6,11,13H,7-10H2,1-4H3. The third-order valence-corrected chi connectivity index (χ3v) is 5.01. The molecule has 120 valence electrons. The van der Waals surface area contributed by atoms with Crippen molar-refractivity contribution in [3.05, 3.63) is 28.2 Å². The second kappa shape index (κ2) is 6.06. The van der Waals surface area contributed by atoms with E-state index in [9.17, 15) is 0 Å². The fourth-order valence-electron chi connectivity index (χ4n) is 2.84. The molecule has 1 saturated heterocycles. The van der Waals surface area contributed by atoms with E-state index in [1.807, 2.05) is 4.68 Å². The summed E-state index contributed by atoms with van der Waals surface area (Å²) in [6, 6.07) is 4.44. The van der Waals surface area contributed by atoms with Gasteiger partial charge >= 0.3 is 0 Å². The van der Waals surface area contributed by atoms with E-state index in [1.54, 1.807) is 11.3 Å². The summed E-state index contributed by atoms with van der Waals surface area (Å²) in [5.74, 6) is 0.944. The molecule has 3 rings (SSSR count). The summed E-state index contributed by atoms with van der Waals surface area (Å²) >= 11 is 1.78. The summed E-state index contributed by atoms with van der Waals surface area (Å²) in [4.78, 5) is 6.18. The Morgan fingerprint density at radius 2 is 1.91 bits per heavy atom. The van der Waals surface area contributed by atoms with Crippen LogP contribution in [0.25, 0.3) is 0 Å². The zero-order valence-electron chi connectivity index (χ0n) is 13.7. The van der Waals surface area contributed by atoms with Gasteiger partial charge in [0, 0.05) is 31.1 Å². The highest BCUT2D eigenvalue weighted by molar-refractivity contribution is 7.10. The lowest BCUT2D eigenvalue weighted by Gasteiger charge is -2.37. The van der Waals surface area contributed by atoms with Crippen LogP contribution in [0.2, 0.25) is 0 Å². The van der Waals surface area contributed by atoms with Crippen molar-refractivity contribution in [2.75, 3.05) is 33.2 Å². The topological polar surface area (TPSA) is 50.1 Å². The Kier molecular flexibility index (Phi) is 4.29. The van der Waals surface area contributed by atoms with E-state index in [-0.39, 0.29) is 11.6 Å². The van der Waals surface area contributed by atoms with Crippen LogP contribution in [0.4, 0.5) is 0 Å². The zero-order valence-corrected chi connectivity index (χ0v) is 14.5. The van der Waals surface area contributed by atoms with Crippen molar-refractivity contribution in [3.8, 4) is 0 Å². The summed E-state index contributed by atoms with van der Waals surface area (Å²) in [6.07, 6.45) is 0. The maximum atomic E-state index is 4.39. The Balaban J connectivity index is 1.98. The van der Waals surface area contributed by atoms with Gasteiger partial charge < -0.3 is 4.90 Å². The molecule has 1 atom stereocenters. The number of tetrazole rings is 1. The lowest BCUT2D eigenvalue weighted by Crippen LogP contribution is -2.47. The number of nitrogens with zero attached hydrogens (tertiary/aromatic N) is 6. The molecule has 0 N–H and O–H groups in total. The first-order chi connectivity index (χ1) is 10.5. The molecular formula is C15H24N6S. The number of aromatic nitrogens is 4. The Hall–Kier alpha value is -1.31. The van der Waals surface area contributed by atoms with Crippen molar-refractivity contribution in [2.45, 2.75) is 32.4 Å². The predicted molar refractivity (Wildman–Crippen MR) is 88.0 cm³/mol. The largest absolute Gasteiger partial charge is 0.304 e. The summed E-state index contributed by atoms with van der Waals surface area (Å²) in [5, 5.41) is 14.7. The highest BCUT2D eigenvalue weighted by Gasteiger charge is 2.33. The second-order valence-electron chi connectivity index (χ2n) is 6.88. The molecule has 1 unspecified atom stereocenters. The normalized spacial score (nSPS) is 19.5. The van der Waals surface area contributed by atoms with E-state index in [0.29, 0.717) is 0 Å². The highest BCUT2D eigenvalue weighted by Crippen LogP contribution is 2.32. The van der Waals surface area contributed by atoms with Gasteiger partial charge in [-0.3, -0.25) is 4.90 Å². The van der Waals surface area contributed by atoms with E-state index in [0.717, 1.165) is 32.0 Å². The van der Waals surface area contributed by atoms with Crippen LogP contribution in [0.15, 0.2) is 17.5 Å². The molecule has 0 radical (unpaired) electrons. The Labute approximate surface area is 135 Å². The fraction of sp³-hybridized carbons (Fsp3) is 0.667. The first-order valence-corrected chi connectivity index (χ1v) is 8.59. The van der Waals surface area contributed by atoms with Gasteiger partial charge in [-0.05, 0) is 49.7 Å². The van der Waals surface area contributed by atoms with Crippen molar-refractivity contribution in [1.29, 1.82) is 0 Å². The number of piperazine rings is 1. The summed E-state index contributed by atoms with van der Waals surface area (Å²) < 4.78 is 1.97.